The molecule has 7 nitrogen and oxygen atoms in total. The van der Waals surface area contributed by atoms with Gasteiger partial charge in [-0.05, 0) is 56.2 Å². The minimum absolute atomic E-state index is 0.204. The van der Waals surface area contributed by atoms with Crippen LogP contribution in [0.2, 0.25) is 0 Å². The number of amides is 1. The molecule has 2 N–H and O–H groups in total. The largest absolute Gasteiger partial charge is 0.289 e. The number of hydrogen-bond donors (Lipinski definition) is 2. The number of carbonyl (C=O) groups excluding carboxylic acids is 2. The molecule has 166 valence electrons. The van der Waals surface area contributed by atoms with Gasteiger partial charge in [-0.25, -0.2) is 4.98 Å². The Bertz CT molecular complexity index is 1440. The fourth-order valence-electron chi connectivity index (χ4n) is 3.65. The maximum absolute atomic E-state index is 13.1. The van der Waals surface area contributed by atoms with Gasteiger partial charge in [0.25, 0.3) is 11.5 Å². The number of para-hydroxylation sites is 1. The van der Waals surface area contributed by atoms with Crippen LogP contribution in [0.4, 0.5) is 5.95 Å². The quantitative estimate of drug-likeness (QED) is 0.349. The Labute approximate surface area is 191 Å². The summed E-state index contributed by atoms with van der Waals surface area (Å²) in [4.78, 5) is 43.4. The standard InChI is InChI=1S/C26H24N4O3/c1-4-30-25(33)21-11-7-8-12-22(21)27-26(30)29-28-24(32)20-10-6-5-9-19(20)23(31)18-14-13-16(2)17(3)15-18/h5-15H,4H2,1-3H3,(H,27,29)(H,28,32). The highest BCUT2D eigenvalue weighted by molar-refractivity contribution is 6.15. The van der Waals surface area contributed by atoms with E-state index in [0.29, 0.717) is 28.6 Å². The van der Waals surface area contributed by atoms with E-state index in [9.17, 15) is 14.4 Å². The van der Waals surface area contributed by atoms with E-state index in [-0.39, 0.29) is 22.9 Å². The highest BCUT2D eigenvalue weighted by Crippen LogP contribution is 2.18. The van der Waals surface area contributed by atoms with Gasteiger partial charge in [0.2, 0.25) is 5.95 Å². The predicted molar refractivity (Wildman–Crippen MR) is 129 cm³/mol. The summed E-state index contributed by atoms with van der Waals surface area (Å²) >= 11 is 0. The molecule has 0 bridgehead atoms. The molecule has 0 aliphatic carbocycles. The van der Waals surface area contributed by atoms with E-state index in [1.54, 1.807) is 54.6 Å². The second-order valence-corrected chi connectivity index (χ2v) is 7.75. The van der Waals surface area contributed by atoms with E-state index in [4.69, 9.17) is 0 Å². The van der Waals surface area contributed by atoms with Crippen LogP contribution in [-0.4, -0.2) is 21.2 Å². The van der Waals surface area contributed by atoms with Crippen LogP contribution < -0.4 is 16.4 Å². The molecule has 0 aliphatic heterocycles. The van der Waals surface area contributed by atoms with Crippen LogP contribution in [0.3, 0.4) is 0 Å². The van der Waals surface area contributed by atoms with Crippen LogP contribution in [0, 0.1) is 13.8 Å². The van der Waals surface area contributed by atoms with Crippen molar-refractivity contribution in [3.63, 3.8) is 0 Å². The topological polar surface area (TPSA) is 93.1 Å². The van der Waals surface area contributed by atoms with Crippen LogP contribution in [0.1, 0.15) is 44.3 Å². The molecule has 0 saturated carbocycles. The molecule has 4 rings (SSSR count). The number of anilines is 1. The lowest BCUT2D eigenvalue weighted by molar-refractivity contribution is 0.0949. The third kappa shape index (κ3) is 4.25. The number of rotatable bonds is 6. The van der Waals surface area contributed by atoms with E-state index in [2.05, 4.69) is 15.8 Å². The summed E-state index contributed by atoms with van der Waals surface area (Å²) in [5, 5.41) is 0.501. The zero-order valence-corrected chi connectivity index (χ0v) is 18.7. The number of nitrogens with one attached hydrogen (secondary N) is 2. The Morgan fingerprint density at radius 2 is 1.61 bits per heavy atom. The summed E-state index contributed by atoms with van der Waals surface area (Å²) in [6.45, 7) is 6.12. The average molecular weight is 441 g/mol. The predicted octanol–water partition coefficient (Wildman–Crippen LogP) is 4.02. The molecule has 0 atom stereocenters. The minimum atomic E-state index is -0.507. The Balaban J connectivity index is 1.62. The second kappa shape index (κ2) is 9.08. The van der Waals surface area contributed by atoms with Crippen LogP contribution in [0.5, 0.6) is 0 Å². The molecule has 1 aromatic heterocycles. The van der Waals surface area contributed by atoms with Crippen molar-refractivity contribution >= 4 is 28.5 Å². The zero-order chi connectivity index (χ0) is 23.5. The molecule has 0 aliphatic rings. The van der Waals surface area contributed by atoms with Crippen LogP contribution in [0.25, 0.3) is 10.9 Å². The summed E-state index contributed by atoms with van der Waals surface area (Å²) in [6.07, 6.45) is 0. The van der Waals surface area contributed by atoms with Gasteiger partial charge in [0.1, 0.15) is 0 Å². The van der Waals surface area contributed by atoms with Crippen molar-refractivity contribution in [2.75, 3.05) is 5.43 Å². The number of ketones is 1. The lowest BCUT2D eigenvalue weighted by Gasteiger charge is -2.15. The van der Waals surface area contributed by atoms with Gasteiger partial charge in [-0.1, -0.05) is 42.5 Å². The first-order valence-corrected chi connectivity index (χ1v) is 10.7. The molecular formula is C26H24N4O3. The van der Waals surface area contributed by atoms with Crippen molar-refractivity contribution in [3.05, 3.63) is 105 Å². The number of hydrazine groups is 1. The molecule has 1 amide bonds. The van der Waals surface area contributed by atoms with Gasteiger partial charge in [-0.15, -0.1) is 0 Å². The summed E-state index contributed by atoms with van der Waals surface area (Å²) in [5.74, 6) is -0.529. The number of nitrogens with zero attached hydrogens (tertiary/aromatic N) is 2. The SMILES string of the molecule is CCn1c(NNC(=O)c2ccccc2C(=O)c2ccc(C)c(C)c2)nc2ccccc2c1=O. The van der Waals surface area contributed by atoms with Gasteiger partial charge >= 0.3 is 0 Å². The van der Waals surface area contributed by atoms with Gasteiger partial charge in [0, 0.05) is 17.7 Å². The number of aryl methyl sites for hydroxylation is 2. The first-order valence-electron chi connectivity index (χ1n) is 10.7. The summed E-state index contributed by atoms with van der Waals surface area (Å²) in [7, 11) is 0. The third-order valence-electron chi connectivity index (χ3n) is 5.65. The molecule has 1 heterocycles. The number of carbonyl (C=O) groups is 2. The van der Waals surface area contributed by atoms with E-state index in [1.807, 2.05) is 32.9 Å². The summed E-state index contributed by atoms with van der Waals surface area (Å²) in [6, 6.07) is 19.1. The van der Waals surface area contributed by atoms with Crippen molar-refractivity contribution in [1.29, 1.82) is 0 Å². The maximum Gasteiger partial charge on any atom is 0.270 e. The number of fused-ring (bicyclic) bond motifs is 1. The smallest absolute Gasteiger partial charge is 0.270 e. The summed E-state index contributed by atoms with van der Waals surface area (Å²) in [5.41, 5.74) is 8.79. The molecule has 0 saturated heterocycles. The highest BCUT2D eigenvalue weighted by Gasteiger charge is 2.19. The van der Waals surface area contributed by atoms with Gasteiger partial charge in [0.15, 0.2) is 5.78 Å². The molecule has 3 aromatic carbocycles. The second-order valence-electron chi connectivity index (χ2n) is 7.75. The molecule has 7 heteroatoms. The average Bonchev–Trinajstić information content (AvgIpc) is 2.84. The van der Waals surface area contributed by atoms with Crippen LogP contribution >= 0.6 is 0 Å². The van der Waals surface area contributed by atoms with Crippen molar-refractivity contribution in [1.82, 2.24) is 15.0 Å². The maximum atomic E-state index is 13.1. The molecule has 0 unspecified atom stereocenters. The van der Waals surface area contributed by atoms with Gasteiger partial charge < -0.3 is 0 Å². The Kier molecular flexibility index (Phi) is 6.04. The fourth-order valence-corrected chi connectivity index (χ4v) is 3.65. The first-order chi connectivity index (χ1) is 15.9. The van der Waals surface area contributed by atoms with E-state index in [0.717, 1.165) is 11.1 Å². The molecule has 0 radical (unpaired) electrons. The molecular weight excluding hydrogens is 416 g/mol. The molecule has 0 spiro atoms. The number of hydrogen-bond acceptors (Lipinski definition) is 5. The molecule has 33 heavy (non-hydrogen) atoms. The summed E-state index contributed by atoms with van der Waals surface area (Å²) < 4.78 is 1.44. The van der Waals surface area contributed by atoms with Crippen LogP contribution in [0.15, 0.2) is 71.5 Å². The van der Waals surface area contributed by atoms with Crippen molar-refractivity contribution < 1.29 is 9.59 Å². The first kappa shape index (κ1) is 22.0. The molecule has 4 aromatic rings. The minimum Gasteiger partial charge on any atom is -0.289 e. The van der Waals surface area contributed by atoms with Crippen LogP contribution in [-0.2, 0) is 6.54 Å². The fraction of sp³-hybridized carbons (Fsp3) is 0.154. The lowest BCUT2D eigenvalue weighted by atomic mass is 9.96. The number of benzene rings is 3. The normalized spacial score (nSPS) is 10.8. The third-order valence-corrected chi connectivity index (χ3v) is 5.65. The van der Waals surface area contributed by atoms with Crippen molar-refractivity contribution in [2.24, 2.45) is 0 Å². The van der Waals surface area contributed by atoms with Gasteiger partial charge in [-0.2, -0.15) is 0 Å². The monoisotopic (exact) mass is 440 g/mol. The van der Waals surface area contributed by atoms with Crippen molar-refractivity contribution in [3.8, 4) is 0 Å². The van der Waals surface area contributed by atoms with Gasteiger partial charge in [-0.3, -0.25) is 29.8 Å². The zero-order valence-electron chi connectivity index (χ0n) is 18.7. The Hall–Kier alpha value is -4.26. The Morgan fingerprint density at radius 1 is 0.909 bits per heavy atom. The number of aromatic nitrogens is 2. The highest BCUT2D eigenvalue weighted by atomic mass is 16.2. The van der Waals surface area contributed by atoms with E-state index < -0.39 is 5.91 Å². The molecule has 0 fully saturated rings. The van der Waals surface area contributed by atoms with E-state index in [1.165, 1.54) is 4.57 Å². The van der Waals surface area contributed by atoms with Gasteiger partial charge in [0.05, 0.1) is 16.5 Å². The Morgan fingerprint density at radius 3 is 2.33 bits per heavy atom. The van der Waals surface area contributed by atoms with Crippen molar-refractivity contribution in [2.45, 2.75) is 27.3 Å². The lowest BCUT2D eigenvalue weighted by Crippen LogP contribution is -2.35. The van der Waals surface area contributed by atoms with E-state index >= 15 is 0 Å².